The van der Waals surface area contributed by atoms with E-state index in [0.29, 0.717) is 17.7 Å². The van der Waals surface area contributed by atoms with Crippen LogP contribution in [-0.2, 0) is 9.47 Å². The summed E-state index contributed by atoms with van der Waals surface area (Å²) in [5, 5.41) is 0. The lowest BCUT2D eigenvalue weighted by Gasteiger charge is -2.13. The van der Waals surface area contributed by atoms with Crippen molar-refractivity contribution >= 4 is 11.9 Å². The van der Waals surface area contributed by atoms with E-state index in [1.807, 2.05) is 6.92 Å². The molecular formula is C29H48O4. The van der Waals surface area contributed by atoms with Crippen LogP contribution < -0.4 is 0 Å². The van der Waals surface area contributed by atoms with Crippen LogP contribution in [0.1, 0.15) is 144 Å². The monoisotopic (exact) mass is 460 g/mol. The first-order valence-corrected chi connectivity index (χ1v) is 13.6. The minimum atomic E-state index is -0.380. The fourth-order valence-corrected chi connectivity index (χ4v) is 3.96. The molecule has 0 aliphatic rings. The molecule has 4 nitrogen and oxygen atoms in total. The second kappa shape index (κ2) is 19.6. The summed E-state index contributed by atoms with van der Waals surface area (Å²) in [4.78, 5) is 24.7. The largest absolute Gasteiger partial charge is 0.462 e. The minimum absolute atomic E-state index is 0.120. The maximum absolute atomic E-state index is 12.4. The van der Waals surface area contributed by atoms with Gasteiger partial charge in [0.2, 0.25) is 0 Å². The van der Waals surface area contributed by atoms with E-state index < -0.39 is 0 Å². The molecule has 0 saturated carbocycles. The number of hydrogen-bond donors (Lipinski definition) is 0. The molecule has 0 fully saturated rings. The molecule has 0 N–H and O–H groups in total. The number of rotatable bonds is 20. The maximum Gasteiger partial charge on any atom is 0.338 e. The van der Waals surface area contributed by atoms with E-state index in [1.54, 1.807) is 24.3 Å². The molecule has 0 saturated heterocycles. The molecule has 0 aliphatic carbocycles. The van der Waals surface area contributed by atoms with E-state index >= 15 is 0 Å². The second-order valence-corrected chi connectivity index (χ2v) is 9.32. The molecule has 0 aromatic heterocycles. The molecule has 1 atom stereocenters. The van der Waals surface area contributed by atoms with E-state index in [4.69, 9.17) is 9.47 Å². The number of ether oxygens (including phenoxy) is 2. The van der Waals surface area contributed by atoms with Crippen molar-refractivity contribution in [3.63, 3.8) is 0 Å². The molecule has 188 valence electrons. The van der Waals surface area contributed by atoms with Crippen molar-refractivity contribution in [1.29, 1.82) is 0 Å². The lowest BCUT2D eigenvalue weighted by atomic mass is 10.1. The van der Waals surface area contributed by atoms with Crippen molar-refractivity contribution < 1.29 is 19.1 Å². The molecule has 1 rings (SSSR count). The number of carbonyl (C=O) groups is 2. The van der Waals surface area contributed by atoms with Gasteiger partial charge in [0, 0.05) is 0 Å². The summed E-state index contributed by atoms with van der Waals surface area (Å²) in [5.74, 6) is -0.752. The predicted molar refractivity (Wildman–Crippen MR) is 137 cm³/mol. The van der Waals surface area contributed by atoms with E-state index in [2.05, 4.69) is 13.8 Å². The van der Waals surface area contributed by atoms with Gasteiger partial charge < -0.3 is 9.47 Å². The first kappa shape index (κ1) is 29.2. The molecule has 0 spiro atoms. The highest BCUT2D eigenvalue weighted by Crippen LogP contribution is 2.14. The normalized spacial score (nSPS) is 11.8. The van der Waals surface area contributed by atoms with Gasteiger partial charge in [-0.05, 0) is 44.4 Å². The molecule has 1 unspecified atom stereocenters. The second-order valence-electron chi connectivity index (χ2n) is 9.32. The Balaban J connectivity index is 2.16. The SMILES string of the molecule is CCCCCCCCCCCCCCOC(=O)c1cccc(C(=O)OC(C)CCCCC)c1. The highest BCUT2D eigenvalue weighted by atomic mass is 16.5. The number of esters is 2. The maximum atomic E-state index is 12.4. The van der Waals surface area contributed by atoms with Crippen molar-refractivity contribution in [3.8, 4) is 0 Å². The molecule has 0 bridgehead atoms. The minimum Gasteiger partial charge on any atom is -0.462 e. The fourth-order valence-electron chi connectivity index (χ4n) is 3.96. The van der Waals surface area contributed by atoms with Gasteiger partial charge in [-0.1, -0.05) is 103 Å². The van der Waals surface area contributed by atoms with Gasteiger partial charge >= 0.3 is 11.9 Å². The molecule has 1 aromatic carbocycles. The number of hydrogen-bond acceptors (Lipinski definition) is 4. The van der Waals surface area contributed by atoms with Gasteiger partial charge in [-0.3, -0.25) is 0 Å². The Labute approximate surface area is 202 Å². The Morgan fingerprint density at radius 1 is 0.697 bits per heavy atom. The van der Waals surface area contributed by atoms with Gasteiger partial charge in [0.1, 0.15) is 0 Å². The van der Waals surface area contributed by atoms with Crippen LogP contribution in [0.15, 0.2) is 24.3 Å². The molecule has 0 heterocycles. The van der Waals surface area contributed by atoms with Crippen LogP contribution in [0.5, 0.6) is 0 Å². The average Bonchev–Trinajstić information content (AvgIpc) is 2.82. The summed E-state index contributed by atoms with van der Waals surface area (Å²) < 4.78 is 10.9. The van der Waals surface area contributed by atoms with E-state index in [9.17, 15) is 9.59 Å². The van der Waals surface area contributed by atoms with Crippen LogP contribution >= 0.6 is 0 Å². The van der Waals surface area contributed by atoms with Crippen molar-refractivity contribution in [2.45, 2.75) is 130 Å². The van der Waals surface area contributed by atoms with Gasteiger partial charge in [-0.15, -0.1) is 0 Å². The predicted octanol–water partition coefficient (Wildman–Crippen LogP) is 8.67. The summed E-state index contributed by atoms with van der Waals surface area (Å²) in [6, 6.07) is 6.65. The van der Waals surface area contributed by atoms with Gasteiger partial charge in [0.25, 0.3) is 0 Å². The topological polar surface area (TPSA) is 52.6 Å². The van der Waals surface area contributed by atoms with Crippen LogP contribution in [0.25, 0.3) is 0 Å². The van der Waals surface area contributed by atoms with Crippen molar-refractivity contribution in [2.75, 3.05) is 6.61 Å². The molecule has 0 amide bonds. The van der Waals surface area contributed by atoms with E-state index in [0.717, 1.165) is 38.5 Å². The van der Waals surface area contributed by atoms with Crippen molar-refractivity contribution in [2.24, 2.45) is 0 Å². The molecule has 0 radical (unpaired) electrons. The first-order valence-electron chi connectivity index (χ1n) is 13.6. The van der Waals surface area contributed by atoms with E-state index in [-0.39, 0.29) is 18.0 Å². The lowest BCUT2D eigenvalue weighted by molar-refractivity contribution is 0.0319. The smallest absolute Gasteiger partial charge is 0.338 e. The van der Waals surface area contributed by atoms with Crippen LogP contribution in [0.2, 0.25) is 0 Å². The van der Waals surface area contributed by atoms with Crippen LogP contribution in [0, 0.1) is 0 Å². The lowest BCUT2D eigenvalue weighted by Crippen LogP contribution is -2.16. The highest BCUT2D eigenvalue weighted by molar-refractivity contribution is 5.95. The third-order valence-corrected chi connectivity index (χ3v) is 6.09. The molecular weight excluding hydrogens is 412 g/mol. The van der Waals surface area contributed by atoms with Crippen molar-refractivity contribution in [1.82, 2.24) is 0 Å². The fraction of sp³-hybridized carbons (Fsp3) is 0.724. The highest BCUT2D eigenvalue weighted by Gasteiger charge is 2.15. The summed E-state index contributed by atoms with van der Waals surface area (Å²) in [6.07, 6.45) is 19.4. The van der Waals surface area contributed by atoms with Gasteiger partial charge in [0.05, 0.1) is 23.8 Å². The Bertz CT molecular complexity index is 640. The molecule has 0 aliphatic heterocycles. The summed E-state index contributed by atoms with van der Waals surface area (Å²) in [5.41, 5.74) is 0.805. The Hall–Kier alpha value is -1.84. The summed E-state index contributed by atoms with van der Waals surface area (Å²) in [7, 11) is 0. The third kappa shape index (κ3) is 14.8. The van der Waals surface area contributed by atoms with Gasteiger partial charge in [-0.2, -0.15) is 0 Å². The Kier molecular flexibility index (Phi) is 17.4. The quantitative estimate of drug-likeness (QED) is 0.144. The van der Waals surface area contributed by atoms with Gasteiger partial charge in [-0.25, -0.2) is 9.59 Å². The number of benzene rings is 1. The summed E-state index contributed by atoms with van der Waals surface area (Å²) in [6.45, 7) is 6.76. The van der Waals surface area contributed by atoms with Crippen LogP contribution in [0.4, 0.5) is 0 Å². The first-order chi connectivity index (χ1) is 16.1. The van der Waals surface area contributed by atoms with Gasteiger partial charge in [0.15, 0.2) is 0 Å². The van der Waals surface area contributed by atoms with Crippen LogP contribution in [-0.4, -0.2) is 24.6 Å². The number of unbranched alkanes of at least 4 members (excludes halogenated alkanes) is 13. The van der Waals surface area contributed by atoms with Crippen LogP contribution in [0.3, 0.4) is 0 Å². The zero-order valence-electron chi connectivity index (χ0n) is 21.5. The Morgan fingerprint density at radius 2 is 1.18 bits per heavy atom. The third-order valence-electron chi connectivity index (χ3n) is 6.09. The molecule has 1 aromatic rings. The molecule has 4 heteroatoms. The zero-order chi connectivity index (χ0) is 24.2. The standard InChI is InChI=1S/C29H48O4/c1-4-6-8-9-10-11-12-13-14-15-16-18-23-32-28(30)26-21-19-22-27(24-26)29(31)33-25(3)20-17-7-5-2/h19,21-22,24-25H,4-18,20,23H2,1-3H3. The van der Waals surface area contributed by atoms with E-state index in [1.165, 1.54) is 64.2 Å². The molecule has 33 heavy (non-hydrogen) atoms. The summed E-state index contributed by atoms with van der Waals surface area (Å²) >= 11 is 0. The average molecular weight is 461 g/mol. The number of carbonyl (C=O) groups excluding carboxylic acids is 2. The Morgan fingerprint density at radius 3 is 1.76 bits per heavy atom. The zero-order valence-corrected chi connectivity index (χ0v) is 21.5. The van der Waals surface area contributed by atoms with Crippen molar-refractivity contribution in [3.05, 3.63) is 35.4 Å².